The van der Waals surface area contributed by atoms with Gasteiger partial charge in [0.25, 0.3) is 0 Å². The third kappa shape index (κ3) is 4.24. The Morgan fingerprint density at radius 2 is 1.35 bits per heavy atom. The first-order valence-electron chi connectivity index (χ1n) is 9.11. The maximum absolute atomic E-state index is 11.9. The smallest absolute Gasteiger partial charge is 0.117 e. The van der Waals surface area contributed by atoms with Crippen LogP contribution in [0.2, 0.25) is 10.0 Å². The average molecular weight is 394 g/mol. The summed E-state index contributed by atoms with van der Waals surface area (Å²) in [6.07, 6.45) is 2.59. The molecule has 2 aromatic rings. The molecule has 1 aliphatic heterocycles. The Morgan fingerprint density at radius 1 is 0.885 bits per heavy atom. The highest BCUT2D eigenvalue weighted by Gasteiger charge is 2.41. The second-order valence-electron chi connectivity index (χ2n) is 6.97. The maximum Gasteiger partial charge on any atom is 0.117 e. The van der Waals surface area contributed by atoms with Gasteiger partial charge >= 0.3 is 0 Å². The van der Waals surface area contributed by atoms with Crippen LogP contribution < -0.4 is 0 Å². The van der Waals surface area contributed by atoms with Crippen molar-refractivity contribution in [1.29, 1.82) is 0 Å². The van der Waals surface area contributed by atoms with E-state index in [0.29, 0.717) is 10.0 Å². The van der Waals surface area contributed by atoms with Gasteiger partial charge in [-0.1, -0.05) is 47.5 Å². The summed E-state index contributed by atoms with van der Waals surface area (Å²) in [4.78, 5) is 2.36. The summed E-state index contributed by atoms with van der Waals surface area (Å²) in [7, 11) is 0. The number of halogens is 2. The molecule has 140 valence electrons. The first kappa shape index (κ1) is 19.7. The highest BCUT2D eigenvalue weighted by Crippen LogP contribution is 2.42. The van der Waals surface area contributed by atoms with Crippen LogP contribution in [0.25, 0.3) is 0 Å². The molecule has 2 N–H and O–H groups in total. The molecule has 0 bridgehead atoms. The fourth-order valence-corrected chi connectivity index (χ4v) is 4.17. The van der Waals surface area contributed by atoms with E-state index in [0.717, 1.165) is 50.0 Å². The molecule has 3 rings (SSSR count). The number of hydrogen-bond acceptors (Lipinski definition) is 3. The molecule has 0 spiro atoms. The Hall–Kier alpha value is -1.10. The van der Waals surface area contributed by atoms with Crippen LogP contribution in [-0.2, 0) is 5.60 Å². The predicted molar refractivity (Wildman–Crippen MR) is 107 cm³/mol. The molecule has 1 aliphatic rings. The quantitative estimate of drug-likeness (QED) is 0.767. The van der Waals surface area contributed by atoms with Gasteiger partial charge in [-0.3, -0.25) is 0 Å². The molecule has 0 unspecified atom stereocenters. The van der Waals surface area contributed by atoms with Gasteiger partial charge in [-0.15, -0.1) is 0 Å². The largest absolute Gasteiger partial charge is 0.396 e. The fourth-order valence-electron chi connectivity index (χ4n) is 3.91. The molecular weight excluding hydrogens is 369 g/mol. The van der Waals surface area contributed by atoms with Crippen LogP contribution in [0.4, 0.5) is 0 Å². The summed E-state index contributed by atoms with van der Waals surface area (Å²) < 4.78 is 0. The lowest BCUT2D eigenvalue weighted by molar-refractivity contribution is -0.0147. The van der Waals surface area contributed by atoms with Crippen molar-refractivity contribution < 1.29 is 10.2 Å². The summed E-state index contributed by atoms with van der Waals surface area (Å²) >= 11 is 12.1. The molecule has 1 heterocycles. The van der Waals surface area contributed by atoms with E-state index in [4.69, 9.17) is 28.3 Å². The number of aliphatic hydroxyl groups is 2. The van der Waals surface area contributed by atoms with E-state index in [9.17, 15) is 5.11 Å². The molecule has 5 heteroatoms. The highest BCUT2D eigenvalue weighted by atomic mass is 35.5. The Balaban J connectivity index is 1.89. The van der Waals surface area contributed by atoms with Crippen molar-refractivity contribution in [3.8, 4) is 0 Å². The number of aliphatic hydroxyl groups excluding tert-OH is 1. The van der Waals surface area contributed by atoms with Crippen LogP contribution >= 0.6 is 23.2 Å². The van der Waals surface area contributed by atoms with Crippen LogP contribution in [0.15, 0.2) is 48.5 Å². The molecule has 0 aliphatic carbocycles. The summed E-state index contributed by atoms with van der Waals surface area (Å²) in [6.45, 7) is 2.98. The Bertz CT molecular complexity index is 649. The molecule has 0 atom stereocenters. The van der Waals surface area contributed by atoms with Gasteiger partial charge in [-0.05, 0) is 73.7 Å². The van der Waals surface area contributed by atoms with Gasteiger partial charge in [0.05, 0.1) is 0 Å². The Morgan fingerprint density at radius 3 is 1.77 bits per heavy atom. The van der Waals surface area contributed by atoms with Crippen LogP contribution in [0.1, 0.15) is 30.4 Å². The van der Waals surface area contributed by atoms with Gasteiger partial charge in [0.1, 0.15) is 5.60 Å². The van der Waals surface area contributed by atoms with Gasteiger partial charge < -0.3 is 15.1 Å². The minimum atomic E-state index is -1.07. The molecule has 0 amide bonds. The number of piperidine rings is 1. The lowest BCUT2D eigenvalue weighted by Crippen LogP contribution is -2.44. The standard InChI is InChI=1S/C21H25Cl2NO2/c22-19-6-2-16(3-7-19)21(26,17-4-8-20(23)9-5-17)18-10-13-24(14-11-18)12-1-15-25/h2-9,18,25-26H,1,10-15H2. The van der Waals surface area contributed by atoms with Crippen molar-refractivity contribution in [2.75, 3.05) is 26.2 Å². The number of hydrogen-bond donors (Lipinski definition) is 2. The van der Waals surface area contributed by atoms with E-state index >= 15 is 0 Å². The van der Waals surface area contributed by atoms with Gasteiger partial charge in [-0.2, -0.15) is 0 Å². The molecule has 0 saturated carbocycles. The molecule has 0 radical (unpaired) electrons. The Labute approximate surface area is 165 Å². The van der Waals surface area contributed by atoms with Gasteiger partial charge in [-0.25, -0.2) is 0 Å². The molecule has 26 heavy (non-hydrogen) atoms. The van der Waals surface area contributed by atoms with Crippen LogP contribution in [0.3, 0.4) is 0 Å². The summed E-state index contributed by atoms with van der Waals surface area (Å²) in [5.41, 5.74) is 0.647. The molecule has 2 aromatic carbocycles. The van der Waals surface area contributed by atoms with Gasteiger partial charge in [0.2, 0.25) is 0 Å². The second kappa shape index (κ2) is 8.73. The van der Waals surface area contributed by atoms with Crippen LogP contribution in [0.5, 0.6) is 0 Å². The Kier molecular flexibility index (Phi) is 6.60. The van der Waals surface area contributed by atoms with Crippen molar-refractivity contribution in [2.24, 2.45) is 5.92 Å². The van der Waals surface area contributed by atoms with E-state index < -0.39 is 5.60 Å². The average Bonchev–Trinajstić information content (AvgIpc) is 2.67. The minimum absolute atomic E-state index is 0.107. The predicted octanol–water partition coefficient (Wildman–Crippen LogP) is 4.32. The topological polar surface area (TPSA) is 43.7 Å². The molecular formula is C21H25Cl2NO2. The summed E-state index contributed by atoms with van der Waals surface area (Å²) in [5.74, 6) is 0.107. The number of rotatable bonds is 6. The minimum Gasteiger partial charge on any atom is -0.396 e. The zero-order chi connectivity index (χ0) is 18.6. The second-order valence-corrected chi connectivity index (χ2v) is 7.85. The zero-order valence-electron chi connectivity index (χ0n) is 14.7. The lowest BCUT2D eigenvalue weighted by Gasteiger charge is -2.42. The monoisotopic (exact) mass is 393 g/mol. The van der Waals surface area contributed by atoms with E-state index in [1.165, 1.54) is 0 Å². The van der Waals surface area contributed by atoms with Crippen molar-refractivity contribution in [3.63, 3.8) is 0 Å². The first-order chi connectivity index (χ1) is 12.5. The SMILES string of the molecule is OCCCN1CCC(C(O)(c2ccc(Cl)cc2)c2ccc(Cl)cc2)CC1. The number of nitrogens with zero attached hydrogens (tertiary/aromatic N) is 1. The zero-order valence-corrected chi connectivity index (χ0v) is 16.3. The highest BCUT2D eigenvalue weighted by molar-refractivity contribution is 6.30. The van der Waals surface area contributed by atoms with E-state index in [1.807, 2.05) is 48.5 Å². The first-order valence-corrected chi connectivity index (χ1v) is 9.87. The molecule has 1 saturated heterocycles. The van der Waals surface area contributed by atoms with Crippen LogP contribution in [-0.4, -0.2) is 41.4 Å². The number of benzene rings is 2. The van der Waals surface area contributed by atoms with Crippen molar-refractivity contribution in [1.82, 2.24) is 4.90 Å². The van der Waals surface area contributed by atoms with E-state index in [1.54, 1.807) is 0 Å². The van der Waals surface area contributed by atoms with Crippen molar-refractivity contribution in [2.45, 2.75) is 24.9 Å². The van der Waals surface area contributed by atoms with Crippen molar-refractivity contribution >= 4 is 23.2 Å². The van der Waals surface area contributed by atoms with Gasteiger partial charge in [0.15, 0.2) is 0 Å². The van der Waals surface area contributed by atoms with Crippen LogP contribution in [0, 0.1) is 5.92 Å². The lowest BCUT2D eigenvalue weighted by atomic mass is 9.72. The van der Waals surface area contributed by atoms with E-state index in [2.05, 4.69) is 4.90 Å². The molecule has 1 fully saturated rings. The summed E-state index contributed by atoms with van der Waals surface area (Å²) in [5, 5.41) is 22.2. The van der Waals surface area contributed by atoms with Crippen molar-refractivity contribution in [3.05, 3.63) is 69.7 Å². The summed E-state index contributed by atoms with van der Waals surface area (Å²) in [6, 6.07) is 15.0. The van der Waals surface area contributed by atoms with E-state index in [-0.39, 0.29) is 12.5 Å². The molecule has 0 aromatic heterocycles. The van der Waals surface area contributed by atoms with Gasteiger partial charge in [0, 0.05) is 23.2 Å². The third-order valence-corrected chi connectivity index (χ3v) is 5.88. The fraction of sp³-hybridized carbons (Fsp3) is 0.429. The maximum atomic E-state index is 11.9. The molecule has 3 nitrogen and oxygen atoms in total. The number of likely N-dealkylation sites (tertiary alicyclic amines) is 1. The normalized spacial score (nSPS) is 16.8. The third-order valence-electron chi connectivity index (χ3n) is 5.38.